The highest BCUT2D eigenvalue weighted by atomic mass is 16.5. The number of carbonyl (C=O) groups excluding carboxylic acids is 1. The van der Waals surface area contributed by atoms with Gasteiger partial charge in [0, 0.05) is 12.2 Å². The van der Waals surface area contributed by atoms with E-state index in [1.54, 1.807) is 26.4 Å². The van der Waals surface area contributed by atoms with Crippen LogP contribution in [0.2, 0.25) is 0 Å². The molecule has 6 heteroatoms. The monoisotopic (exact) mass is 403 g/mol. The number of carbonyl (C=O) groups is 1. The number of benzene rings is 2. The second-order valence-corrected chi connectivity index (χ2v) is 7.03. The molecule has 3 aromatic rings. The SMILES string of the molecule is COc1ccc(CC(=O)Nc2c(C#N)c(C)c(C)n2Cc2ccccc2)cc1OC. The molecule has 0 saturated heterocycles. The molecular formula is C24H25N3O3. The number of hydrogen-bond donors (Lipinski definition) is 1. The van der Waals surface area contributed by atoms with Crippen molar-refractivity contribution in [3.63, 3.8) is 0 Å². The first-order valence-corrected chi connectivity index (χ1v) is 9.63. The summed E-state index contributed by atoms with van der Waals surface area (Å²) in [6, 6.07) is 17.6. The number of ether oxygens (including phenoxy) is 2. The van der Waals surface area contributed by atoms with Crippen LogP contribution in [0.4, 0.5) is 5.82 Å². The van der Waals surface area contributed by atoms with Gasteiger partial charge in [0.25, 0.3) is 0 Å². The summed E-state index contributed by atoms with van der Waals surface area (Å²) in [6.07, 6.45) is 0.153. The fraction of sp³-hybridized carbons (Fsp3) is 0.250. The quantitative estimate of drug-likeness (QED) is 0.641. The molecule has 0 aliphatic rings. The van der Waals surface area contributed by atoms with Gasteiger partial charge in [-0.2, -0.15) is 5.26 Å². The zero-order valence-corrected chi connectivity index (χ0v) is 17.7. The Hall–Kier alpha value is -3.72. The van der Waals surface area contributed by atoms with Crippen LogP contribution < -0.4 is 14.8 Å². The Balaban J connectivity index is 1.87. The van der Waals surface area contributed by atoms with E-state index in [1.807, 2.05) is 54.8 Å². The smallest absolute Gasteiger partial charge is 0.229 e. The van der Waals surface area contributed by atoms with Crippen molar-refractivity contribution in [3.8, 4) is 17.6 Å². The lowest BCUT2D eigenvalue weighted by Gasteiger charge is -2.14. The van der Waals surface area contributed by atoms with Gasteiger partial charge < -0.3 is 19.4 Å². The van der Waals surface area contributed by atoms with Gasteiger partial charge >= 0.3 is 0 Å². The lowest BCUT2D eigenvalue weighted by molar-refractivity contribution is -0.115. The summed E-state index contributed by atoms with van der Waals surface area (Å²) in [5.74, 6) is 1.50. The molecular weight excluding hydrogens is 378 g/mol. The number of anilines is 1. The van der Waals surface area contributed by atoms with Crippen LogP contribution in [0.3, 0.4) is 0 Å². The Morgan fingerprint density at radius 1 is 1.03 bits per heavy atom. The predicted octanol–water partition coefficient (Wildman–Crippen LogP) is 4.22. The molecule has 154 valence electrons. The van der Waals surface area contributed by atoms with Gasteiger partial charge in [0.05, 0.1) is 26.2 Å². The van der Waals surface area contributed by atoms with E-state index in [9.17, 15) is 10.1 Å². The molecule has 0 fully saturated rings. The third kappa shape index (κ3) is 4.31. The van der Waals surface area contributed by atoms with Crippen molar-refractivity contribution < 1.29 is 14.3 Å². The molecule has 0 aliphatic carbocycles. The maximum absolute atomic E-state index is 12.8. The van der Waals surface area contributed by atoms with Crippen LogP contribution in [0.1, 0.15) is 27.9 Å². The van der Waals surface area contributed by atoms with Crippen LogP contribution in [0.15, 0.2) is 48.5 Å². The van der Waals surface area contributed by atoms with Gasteiger partial charge in [-0.3, -0.25) is 4.79 Å². The van der Waals surface area contributed by atoms with E-state index >= 15 is 0 Å². The van der Waals surface area contributed by atoms with Crippen LogP contribution in [0, 0.1) is 25.2 Å². The molecule has 1 aromatic heterocycles. The summed E-state index contributed by atoms with van der Waals surface area (Å²) in [5.41, 5.74) is 4.20. The molecule has 6 nitrogen and oxygen atoms in total. The number of nitrogens with one attached hydrogen (secondary N) is 1. The summed E-state index contributed by atoms with van der Waals surface area (Å²) in [6.45, 7) is 4.43. The van der Waals surface area contributed by atoms with E-state index in [0.29, 0.717) is 29.4 Å². The number of hydrogen-bond acceptors (Lipinski definition) is 4. The second-order valence-electron chi connectivity index (χ2n) is 7.03. The maximum Gasteiger partial charge on any atom is 0.229 e. The minimum atomic E-state index is -0.203. The Morgan fingerprint density at radius 3 is 2.37 bits per heavy atom. The van der Waals surface area contributed by atoms with Gasteiger partial charge in [-0.1, -0.05) is 36.4 Å². The highest BCUT2D eigenvalue weighted by Gasteiger charge is 2.20. The van der Waals surface area contributed by atoms with Gasteiger partial charge in [-0.15, -0.1) is 0 Å². The van der Waals surface area contributed by atoms with Gasteiger partial charge in [0.15, 0.2) is 11.5 Å². The molecule has 2 aromatic carbocycles. The first-order valence-electron chi connectivity index (χ1n) is 9.63. The van der Waals surface area contributed by atoms with Crippen LogP contribution in [0.5, 0.6) is 11.5 Å². The molecule has 0 aliphatic heterocycles. The minimum Gasteiger partial charge on any atom is -0.493 e. The number of aromatic nitrogens is 1. The van der Waals surface area contributed by atoms with E-state index in [0.717, 1.165) is 22.4 Å². The van der Waals surface area contributed by atoms with Gasteiger partial charge in [0.1, 0.15) is 11.9 Å². The van der Waals surface area contributed by atoms with Crippen molar-refractivity contribution in [2.45, 2.75) is 26.8 Å². The third-order valence-corrected chi connectivity index (χ3v) is 5.20. The van der Waals surface area contributed by atoms with Gasteiger partial charge in [-0.25, -0.2) is 0 Å². The minimum absolute atomic E-state index is 0.153. The Bertz CT molecular complexity index is 1100. The molecule has 0 radical (unpaired) electrons. The van der Waals surface area contributed by atoms with Crippen LogP contribution >= 0.6 is 0 Å². The van der Waals surface area contributed by atoms with Crippen LogP contribution in [-0.2, 0) is 17.8 Å². The molecule has 3 rings (SSSR count). The molecule has 0 bridgehead atoms. The van der Waals surface area contributed by atoms with E-state index in [1.165, 1.54) is 0 Å². The zero-order valence-electron chi connectivity index (χ0n) is 17.7. The van der Waals surface area contributed by atoms with Crippen molar-refractivity contribution in [2.24, 2.45) is 0 Å². The number of methoxy groups -OCH3 is 2. The van der Waals surface area contributed by atoms with Gasteiger partial charge in [-0.05, 0) is 42.7 Å². The van der Waals surface area contributed by atoms with Gasteiger partial charge in [0.2, 0.25) is 5.91 Å². The summed E-state index contributed by atoms with van der Waals surface area (Å²) in [7, 11) is 3.13. The molecule has 1 N–H and O–H groups in total. The number of rotatable bonds is 7. The lowest BCUT2D eigenvalue weighted by atomic mass is 10.1. The van der Waals surface area contributed by atoms with Crippen molar-refractivity contribution in [2.75, 3.05) is 19.5 Å². The number of nitrogens with zero attached hydrogens (tertiary/aromatic N) is 2. The first kappa shape index (κ1) is 21.0. The highest BCUT2D eigenvalue weighted by Crippen LogP contribution is 2.29. The molecule has 0 unspecified atom stereocenters. The number of nitriles is 1. The zero-order chi connectivity index (χ0) is 21.7. The molecule has 30 heavy (non-hydrogen) atoms. The Kier molecular flexibility index (Phi) is 6.43. The fourth-order valence-electron chi connectivity index (χ4n) is 3.45. The van der Waals surface area contributed by atoms with Crippen LogP contribution in [-0.4, -0.2) is 24.7 Å². The summed E-state index contributed by atoms with van der Waals surface area (Å²) in [4.78, 5) is 12.8. The van der Waals surface area contributed by atoms with E-state index in [4.69, 9.17) is 9.47 Å². The maximum atomic E-state index is 12.8. The summed E-state index contributed by atoms with van der Waals surface area (Å²) >= 11 is 0. The summed E-state index contributed by atoms with van der Waals surface area (Å²) < 4.78 is 12.5. The number of amides is 1. The summed E-state index contributed by atoms with van der Waals surface area (Å²) in [5, 5.41) is 12.6. The average molecular weight is 403 g/mol. The van der Waals surface area contributed by atoms with Crippen molar-refractivity contribution >= 4 is 11.7 Å². The Morgan fingerprint density at radius 2 is 1.73 bits per heavy atom. The normalized spacial score (nSPS) is 10.4. The first-order chi connectivity index (χ1) is 14.5. The highest BCUT2D eigenvalue weighted by molar-refractivity contribution is 5.93. The fourth-order valence-corrected chi connectivity index (χ4v) is 3.45. The largest absolute Gasteiger partial charge is 0.493 e. The molecule has 0 spiro atoms. The molecule has 1 heterocycles. The second kappa shape index (κ2) is 9.19. The topological polar surface area (TPSA) is 76.3 Å². The van der Waals surface area contributed by atoms with Crippen molar-refractivity contribution in [3.05, 3.63) is 76.5 Å². The van der Waals surface area contributed by atoms with Crippen molar-refractivity contribution in [1.82, 2.24) is 4.57 Å². The Labute approximate surface area is 176 Å². The average Bonchev–Trinajstić information content (AvgIpc) is 2.98. The van der Waals surface area contributed by atoms with E-state index < -0.39 is 0 Å². The van der Waals surface area contributed by atoms with Crippen LogP contribution in [0.25, 0.3) is 0 Å². The molecule has 0 atom stereocenters. The molecule has 0 saturated carbocycles. The van der Waals surface area contributed by atoms with Crippen molar-refractivity contribution in [1.29, 1.82) is 5.26 Å². The third-order valence-electron chi connectivity index (χ3n) is 5.20. The van der Waals surface area contributed by atoms with E-state index in [-0.39, 0.29) is 12.3 Å². The lowest BCUT2D eigenvalue weighted by Crippen LogP contribution is -2.18. The standard InChI is InChI=1S/C24H25N3O3/c1-16-17(2)27(15-18-8-6-5-7-9-18)24(20(16)14-25)26-23(28)13-19-10-11-21(29-3)22(12-19)30-4/h5-12H,13,15H2,1-4H3,(H,26,28). The van der Waals surface area contributed by atoms with E-state index in [2.05, 4.69) is 11.4 Å². The predicted molar refractivity (Wildman–Crippen MR) is 116 cm³/mol. The molecule has 1 amide bonds.